The van der Waals surface area contributed by atoms with Gasteiger partial charge >= 0.3 is 0 Å². The van der Waals surface area contributed by atoms with Gasteiger partial charge in [0.1, 0.15) is 12.1 Å². The minimum Gasteiger partial charge on any atom is -0.379 e. The minimum atomic E-state index is -5.55. The molecule has 2 fully saturated rings. The van der Waals surface area contributed by atoms with Gasteiger partial charge in [-0.25, -0.2) is 8.78 Å². The Kier molecular flexibility index (Phi) is 9.08. The molecule has 2 heterocycles. The fourth-order valence-electron chi connectivity index (χ4n) is 5.26. The van der Waals surface area contributed by atoms with E-state index < -0.39 is 70.9 Å². The van der Waals surface area contributed by atoms with Crippen molar-refractivity contribution in [3.05, 3.63) is 53.9 Å². The fourth-order valence-corrected chi connectivity index (χ4v) is 5.71. The van der Waals surface area contributed by atoms with E-state index in [1.165, 1.54) is 24.4 Å². The van der Waals surface area contributed by atoms with Crippen LogP contribution < -0.4 is 10.2 Å². The number of benzene rings is 1. The van der Waals surface area contributed by atoms with Crippen molar-refractivity contribution in [3.8, 4) is 6.19 Å². The van der Waals surface area contributed by atoms with Gasteiger partial charge in [-0.05, 0) is 55.7 Å². The molecule has 2 aromatic rings. The van der Waals surface area contributed by atoms with Gasteiger partial charge in [0.15, 0.2) is 6.19 Å². The van der Waals surface area contributed by atoms with Crippen LogP contribution in [0.2, 0.25) is 0 Å². The van der Waals surface area contributed by atoms with Gasteiger partial charge in [-0.2, -0.15) is 5.26 Å². The van der Waals surface area contributed by atoms with Gasteiger partial charge in [-0.3, -0.25) is 24.4 Å². The van der Waals surface area contributed by atoms with Crippen molar-refractivity contribution in [3.63, 3.8) is 0 Å². The summed E-state index contributed by atoms with van der Waals surface area (Å²) in [5.74, 6) is -4.22. The number of carbonyl (C=O) groups is 2. The van der Waals surface area contributed by atoms with Crippen LogP contribution in [-0.2, 0) is 14.3 Å². The van der Waals surface area contributed by atoms with Crippen LogP contribution in [0.15, 0.2) is 47.6 Å². The van der Waals surface area contributed by atoms with E-state index in [4.69, 9.17) is 4.74 Å². The lowest BCUT2D eigenvalue weighted by Crippen LogP contribution is -2.52. The van der Waals surface area contributed by atoms with Crippen LogP contribution in [0.3, 0.4) is 0 Å². The van der Waals surface area contributed by atoms with Crippen LogP contribution in [-0.4, -0.2) is 59.5 Å². The average molecular weight is 600 g/mol. The zero-order valence-corrected chi connectivity index (χ0v) is 23.2. The third kappa shape index (κ3) is 6.90. The maximum atomic E-state index is 14.2. The summed E-state index contributed by atoms with van der Waals surface area (Å²) in [7, 11) is 1.44. The molecule has 1 aliphatic heterocycles. The van der Waals surface area contributed by atoms with Crippen molar-refractivity contribution in [2.24, 2.45) is 0 Å². The molecule has 1 aliphatic carbocycles. The molecule has 0 bridgehead atoms. The van der Waals surface area contributed by atoms with Gasteiger partial charge in [0, 0.05) is 56.1 Å². The van der Waals surface area contributed by atoms with Gasteiger partial charge in [-0.1, -0.05) is 0 Å². The van der Waals surface area contributed by atoms with Crippen molar-refractivity contribution < 1.29 is 34.8 Å². The molecule has 2 amide bonds. The SMILES string of the molecule is CO[C@@H]1C[C@H](C(=O)N(c2ccc(S(F)(F)F)cc2)[C@@H](C(=O)NC2CCC(F)(F)CC2)c2cnccc2C)N(C#N)C1. The van der Waals surface area contributed by atoms with Crippen molar-refractivity contribution in [2.45, 2.75) is 74.1 Å². The number of amides is 2. The lowest BCUT2D eigenvalue weighted by atomic mass is 9.91. The first-order chi connectivity index (χ1) is 19.3. The van der Waals surface area contributed by atoms with E-state index >= 15 is 0 Å². The maximum absolute atomic E-state index is 14.2. The molecular weight excluding hydrogens is 569 g/mol. The predicted octanol–water partition coefficient (Wildman–Crippen LogP) is 5.55. The quantitative estimate of drug-likeness (QED) is 0.316. The molecule has 222 valence electrons. The van der Waals surface area contributed by atoms with Crippen LogP contribution in [0.25, 0.3) is 0 Å². The van der Waals surface area contributed by atoms with E-state index in [0.717, 1.165) is 29.2 Å². The van der Waals surface area contributed by atoms with Gasteiger partial charge in [0.05, 0.1) is 17.5 Å². The highest BCUT2D eigenvalue weighted by molar-refractivity contribution is 8.20. The third-order valence-corrected chi connectivity index (χ3v) is 8.38. The van der Waals surface area contributed by atoms with Crippen molar-refractivity contribution >= 4 is 28.7 Å². The van der Waals surface area contributed by atoms with Gasteiger partial charge < -0.3 is 10.1 Å². The summed E-state index contributed by atoms with van der Waals surface area (Å²) < 4.78 is 73.2. The Morgan fingerprint density at radius 1 is 1.20 bits per heavy atom. The van der Waals surface area contributed by atoms with Crippen molar-refractivity contribution in [2.75, 3.05) is 18.6 Å². The van der Waals surface area contributed by atoms with E-state index in [1.54, 1.807) is 13.0 Å². The summed E-state index contributed by atoms with van der Waals surface area (Å²) in [4.78, 5) is 33.7. The number of anilines is 1. The molecule has 0 spiro atoms. The number of halogens is 5. The van der Waals surface area contributed by atoms with Gasteiger partial charge in [0.25, 0.3) is 5.91 Å². The van der Waals surface area contributed by atoms with E-state index in [1.807, 2.05) is 6.19 Å². The number of nitrogens with zero attached hydrogens (tertiary/aromatic N) is 4. The number of likely N-dealkylation sites (tertiary alicyclic amines) is 1. The van der Waals surface area contributed by atoms with Crippen LogP contribution in [0.1, 0.15) is 49.3 Å². The number of hydrogen-bond donors (Lipinski definition) is 1. The standard InChI is InChI=1S/C27H30F5N5O3S/c1-17-9-12-34-14-22(17)24(25(38)35-18-7-10-27(28,29)11-8-18)37(19-3-5-21(6-4-19)41(30,31)32)26(39)23-13-20(40-2)15-36(23)16-33/h3-6,9,12,14,18,20,23-24H,7-8,10-11,13,15H2,1-2H3,(H,35,38)/t20-,23-,24-/m1/s1. The number of hydrogen-bond acceptors (Lipinski definition) is 6. The summed E-state index contributed by atoms with van der Waals surface area (Å²) in [5.41, 5.74) is 0.873. The molecule has 3 atom stereocenters. The first-order valence-electron chi connectivity index (χ1n) is 13.0. The highest BCUT2D eigenvalue weighted by atomic mass is 32.3. The van der Waals surface area contributed by atoms with E-state index in [0.29, 0.717) is 11.1 Å². The highest BCUT2D eigenvalue weighted by Gasteiger charge is 2.44. The number of alkyl halides is 2. The third-order valence-electron chi connectivity index (χ3n) is 7.57. The van der Waals surface area contributed by atoms with Crippen LogP contribution >= 0.6 is 11.2 Å². The molecule has 14 heteroatoms. The number of nitriles is 1. The second-order valence-electron chi connectivity index (χ2n) is 10.2. The molecule has 1 saturated heterocycles. The Balaban J connectivity index is 1.80. The molecule has 1 saturated carbocycles. The number of aromatic nitrogens is 1. The lowest BCUT2D eigenvalue weighted by Gasteiger charge is -2.36. The largest absolute Gasteiger partial charge is 0.379 e. The zero-order chi connectivity index (χ0) is 29.9. The number of carbonyl (C=O) groups excluding carboxylic acids is 2. The maximum Gasteiger partial charge on any atom is 0.251 e. The molecule has 41 heavy (non-hydrogen) atoms. The summed E-state index contributed by atoms with van der Waals surface area (Å²) in [6.07, 6.45) is 3.72. The van der Waals surface area contributed by atoms with Crippen LogP contribution in [0, 0.1) is 18.4 Å². The van der Waals surface area contributed by atoms with Gasteiger partial charge in [-0.15, -0.1) is 11.7 Å². The molecule has 1 aromatic carbocycles. The van der Waals surface area contributed by atoms with E-state index in [-0.39, 0.29) is 31.5 Å². The molecule has 8 nitrogen and oxygen atoms in total. The van der Waals surface area contributed by atoms with E-state index in [9.17, 15) is 35.3 Å². The number of aryl methyl sites for hydroxylation is 1. The molecule has 4 rings (SSSR count). The fraction of sp³-hybridized carbons (Fsp3) is 0.481. The summed E-state index contributed by atoms with van der Waals surface area (Å²) >= 11 is -5.55. The molecule has 1 N–H and O–H groups in total. The van der Waals surface area contributed by atoms with Gasteiger partial charge in [0.2, 0.25) is 23.0 Å². The topological polar surface area (TPSA) is 98.6 Å². The molecule has 0 unspecified atom stereocenters. The molecule has 1 aromatic heterocycles. The molecular formula is C27H30F5N5O3S. The van der Waals surface area contributed by atoms with E-state index in [2.05, 4.69) is 10.3 Å². The Morgan fingerprint density at radius 2 is 1.85 bits per heavy atom. The second-order valence-corrected chi connectivity index (χ2v) is 11.5. The normalized spacial score (nSPS) is 22.0. The number of pyridine rings is 1. The van der Waals surface area contributed by atoms with Crippen molar-refractivity contribution in [1.29, 1.82) is 5.26 Å². The minimum absolute atomic E-state index is 0.000243. The predicted molar refractivity (Wildman–Crippen MR) is 142 cm³/mol. The first kappa shape index (κ1) is 30.5. The number of methoxy groups -OCH3 is 1. The average Bonchev–Trinajstić information content (AvgIpc) is 3.36. The molecule has 2 aliphatic rings. The number of ether oxygens (including phenoxy) is 1. The summed E-state index contributed by atoms with van der Waals surface area (Å²) in [6.45, 7) is 1.81. The molecule has 0 radical (unpaired) electrons. The summed E-state index contributed by atoms with van der Waals surface area (Å²) in [6, 6.07) is 2.47. The monoisotopic (exact) mass is 599 g/mol. The number of rotatable bonds is 8. The highest BCUT2D eigenvalue weighted by Crippen LogP contribution is 2.60. The smallest absolute Gasteiger partial charge is 0.251 e. The lowest BCUT2D eigenvalue weighted by molar-refractivity contribution is -0.129. The first-order valence-corrected chi connectivity index (χ1v) is 14.3. The van der Waals surface area contributed by atoms with Crippen LogP contribution in [0.5, 0.6) is 0 Å². The summed E-state index contributed by atoms with van der Waals surface area (Å²) in [5, 5.41) is 12.5. The Hall–Kier alpha value is -3.44. The zero-order valence-electron chi connectivity index (χ0n) is 22.4. The Morgan fingerprint density at radius 3 is 2.41 bits per heavy atom. The number of nitrogens with one attached hydrogen (secondary N) is 1. The Bertz CT molecular complexity index is 1290. The second kappa shape index (κ2) is 12.2. The van der Waals surface area contributed by atoms with Crippen molar-refractivity contribution in [1.82, 2.24) is 15.2 Å². The Labute approximate surface area is 236 Å². The van der Waals surface area contributed by atoms with Crippen LogP contribution in [0.4, 0.5) is 26.1 Å².